The number of amides is 2. The van der Waals surface area contributed by atoms with Crippen LogP contribution < -0.4 is 0 Å². The Bertz CT molecular complexity index is 1240. The van der Waals surface area contributed by atoms with E-state index in [2.05, 4.69) is 23.2 Å². The number of hydrogen-bond donors (Lipinski definition) is 0. The predicted octanol–water partition coefficient (Wildman–Crippen LogP) is 4.74. The number of hydrogen-bond acceptors (Lipinski definition) is 3. The molecule has 2 fully saturated rings. The van der Waals surface area contributed by atoms with Crippen molar-refractivity contribution in [1.82, 2.24) is 14.8 Å². The molecule has 0 N–H and O–H groups in total. The molecule has 2 aliphatic rings. The molecule has 1 saturated heterocycles. The lowest BCUT2D eigenvalue weighted by Crippen LogP contribution is -2.48. The van der Waals surface area contributed by atoms with Crippen molar-refractivity contribution < 1.29 is 14.0 Å². The molecule has 35 heavy (non-hydrogen) atoms. The highest BCUT2D eigenvalue weighted by Gasteiger charge is 2.46. The first-order valence-electron chi connectivity index (χ1n) is 12.6. The minimum Gasteiger partial charge on any atom is -0.341 e. The summed E-state index contributed by atoms with van der Waals surface area (Å²) in [6.07, 6.45) is 5.97. The Labute approximate surface area is 205 Å². The maximum atomic E-state index is 14.1. The first-order valence-corrected chi connectivity index (χ1v) is 12.6. The van der Waals surface area contributed by atoms with E-state index in [4.69, 9.17) is 0 Å². The number of fused-ring (bicyclic) bond motifs is 1. The van der Waals surface area contributed by atoms with Gasteiger partial charge in [0, 0.05) is 44.7 Å². The van der Waals surface area contributed by atoms with E-state index in [-0.39, 0.29) is 23.5 Å². The Morgan fingerprint density at radius 1 is 1.00 bits per heavy atom. The summed E-state index contributed by atoms with van der Waals surface area (Å²) in [5.74, 6) is -0.0688. The Morgan fingerprint density at radius 2 is 1.77 bits per heavy atom. The number of rotatable bonds is 4. The van der Waals surface area contributed by atoms with Gasteiger partial charge in [-0.05, 0) is 66.6 Å². The van der Waals surface area contributed by atoms with Gasteiger partial charge >= 0.3 is 0 Å². The highest BCUT2D eigenvalue weighted by Crippen LogP contribution is 2.43. The van der Waals surface area contributed by atoms with Gasteiger partial charge in [-0.3, -0.25) is 14.6 Å². The zero-order chi connectivity index (χ0) is 24.4. The fourth-order valence-corrected chi connectivity index (χ4v) is 5.98. The minimum atomic E-state index is -0.674. The van der Waals surface area contributed by atoms with Crippen LogP contribution >= 0.6 is 0 Å². The monoisotopic (exact) mass is 473 g/mol. The predicted molar refractivity (Wildman–Crippen MR) is 134 cm³/mol. The maximum absolute atomic E-state index is 14.1. The summed E-state index contributed by atoms with van der Waals surface area (Å²) in [6.45, 7) is 3.84. The molecule has 2 aromatic carbocycles. The second-order valence-corrected chi connectivity index (χ2v) is 10.1. The minimum absolute atomic E-state index is 0.0349. The van der Waals surface area contributed by atoms with E-state index < -0.39 is 5.41 Å². The number of benzene rings is 2. The van der Waals surface area contributed by atoms with Gasteiger partial charge in [0.1, 0.15) is 5.82 Å². The van der Waals surface area contributed by atoms with E-state index in [1.165, 1.54) is 17.7 Å². The molecule has 2 amide bonds. The lowest BCUT2D eigenvalue weighted by molar-refractivity contribution is -0.138. The molecule has 3 aromatic rings. The summed E-state index contributed by atoms with van der Waals surface area (Å²) < 4.78 is 14.1. The van der Waals surface area contributed by atoms with Gasteiger partial charge in [-0.25, -0.2) is 4.39 Å². The number of pyridine rings is 1. The first kappa shape index (κ1) is 23.5. The first-order chi connectivity index (χ1) is 16.9. The van der Waals surface area contributed by atoms with Crippen molar-refractivity contribution in [1.29, 1.82) is 0 Å². The van der Waals surface area contributed by atoms with E-state index in [1.54, 1.807) is 19.2 Å². The van der Waals surface area contributed by atoms with Crippen molar-refractivity contribution in [2.24, 2.45) is 5.92 Å². The lowest BCUT2D eigenvalue weighted by atomic mass is 9.77. The number of aromatic nitrogens is 1. The van der Waals surface area contributed by atoms with Crippen molar-refractivity contribution in [3.63, 3.8) is 0 Å². The van der Waals surface area contributed by atoms with Crippen molar-refractivity contribution in [2.45, 2.75) is 44.4 Å². The van der Waals surface area contributed by atoms with Crippen LogP contribution in [0.1, 0.15) is 43.7 Å². The summed E-state index contributed by atoms with van der Waals surface area (Å²) >= 11 is 0. The smallest absolute Gasteiger partial charge is 0.233 e. The third-order valence-corrected chi connectivity index (χ3v) is 7.77. The van der Waals surface area contributed by atoms with Gasteiger partial charge in [0.2, 0.25) is 11.8 Å². The van der Waals surface area contributed by atoms with Gasteiger partial charge in [0.05, 0.1) is 10.9 Å². The Kier molecular flexibility index (Phi) is 6.54. The average Bonchev–Trinajstić information content (AvgIpc) is 3.26. The van der Waals surface area contributed by atoms with Gasteiger partial charge in [0.25, 0.3) is 0 Å². The molecule has 0 bridgehead atoms. The molecule has 182 valence electrons. The SMILES string of the molecule is CC(=O)N1CCN(C(=O)C2(c3cccc(F)c3)CCCC2)C[C@@H](Cc2ccc3ncccc3c2)C1. The number of carbonyl (C=O) groups excluding carboxylic acids is 2. The molecule has 1 aromatic heterocycles. The van der Waals surface area contributed by atoms with Gasteiger partial charge in [-0.1, -0.05) is 37.1 Å². The van der Waals surface area contributed by atoms with Gasteiger partial charge in [-0.15, -0.1) is 0 Å². The zero-order valence-electron chi connectivity index (χ0n) is 20.3. The van der Waals surface area contributed by atoms with E-state index >= 15 is 0 Å². The molecule has 5 rings (SSSR count). The highest BCUT2D eigenvalue weighted by atomic mass is 19.1. The molecular formula is C29H32FN3O2. The fraction of sp³-hybridized carbons (Fsp3) is 0.414. The second kappa shape index (κ2) is 9.76. The van der Waals surface area contributed by atoms with Crippen LogP contribution in [0.25, 0.3) is 10.9 Å². The normalized spacial score (nSPS) is 20.1. The van der Waals surface area contributed by atoms with Crippen LogP contribution in [0.2, 0.25) is 0 Å². The van der Waals surface area contributed by atoms with Gasteiger partial charge < -0.3 is 9.80 Å². The van der Waals surface area contributed by atoms with Crippen LogP contribution in [0.15, 0.2) is 60.8 Å². The van der Waals surface area contributed by atoms with E-state index in [0.717, 1.165) is 48.6 Å². The van der Waals surface area contributed by atoms with E-state index in [9.17, 15) is 14.0 Å². The van der Waals surface area contributed by atoms with Gasteiger partial charge in [-0.2, -0.15) is 0 Å². The van der Waals surface area contributed by atoms with Crippen LogP contribution in [0.3, 0.4) is 0 Å². The summed E-state index contributed by atoms with van der Waals surface area (Å²) in [5, 5.41) is 1.09. The van der Waals surface area contributed by atoms with Crippen molar-refractivity contribution in [2.75, 3.05) is 26.2 Å². The average molecular weight is 474 g/mol. The molecule has 2 heterocycles. The Balaban J connectivity index is 1.43. The molecule has 1 saturated carbocycles. The largest absolute Gasteiger partial charge is 0.341 e. The highest BCUT2D eigenvalue weighted by molar-refractivity contribution is 5.89. The molecular weight excluding hydrogens is 441 g/mol. The third-order valence-electron chi connectivity index (χ3n) is 7.77. The third kappa shape index (κ3) is 4.79. The standard InChI is InChI=1S/C29H32FN3O2/c1-21(34)32-14-15-33(28(35)29(11-2-3-12-29)25-7-4-8-26(30)18-25)20-23(19-32)16-22-9-10-27-24(17-22)6-5-13-31-27/h4-10,13,17-18,23H,2-3,11-12,14-16,19-20H2,1H3/t23-/m0/s1. The number of nitrogens with zero attached hydrogens (tertiary/aromatic N) is 3. The number of halogens is 1. The summed E-state index contributed by atoms with van der Waals surface area (Å²) in [7, 11) is 0. The second-order valence-electron chi connectivity index (χ2n) is 10.1. The molecule has 1 atom stereocenters. The summed E-state index contributed by atoms with van der Waals surface area (Å²) in [6, 6.07) is 16.8. The quantitative estimate of drug-likeness (QED) is 0.550. The Hall–Kier alpha value is -3.28. The Morgan fingerprint density at radius 3 is 2.54 bits per heavy atom. The molecule has 0 unspecified atom stereocenters. The molecule has 0 spiro atoms. The summed E-state index contributed by atoms with van der Waals surface area (Å²) in [4.78, 5) is 34.7. The van der Waals surface area contributed by atoms with Crippen LogP contribution in [0, 0.1) is 11.7 Å². The van der Waals surface area contributed by atoms with E-state index in [1.807, 2.05) is 28.0 Å². The summed E-state index contributed by atoms with van der Waals surface area (Å²) in [5.41, 5.74) is 2.24. The fourth-order valence-electron chi connectivity index (χ4n) is 5.98. The van der Waals surface area contributed by atoms with Crippen molar-refractivity contribution in [3.05, 3.63) is 77.7 Å². The van der Waals surface area contributed by atoms with Crippen LogP contribution in [-0.2, 0) is 21.4 Å². The lowest BCUT2D eigenvalue weighted by Gasteiger charge is -2.35. The van der Waals surface area contributed by atoms with Crippen molar-refractivity contribution in [3.8, 4) is 0 Å². The molecule has 6 heteroatoms. The molecule has 1 aliphatic carbocycles. The van der Waals surface area contributed by atoms with Crippen LogP contribution in [-0.4, -0.2) is 52.8 Å². The van der Waals surface area contributed by atoms with Crippen LogP contribution in [0.5, 0.6) is 0 Å². The topological polar surface area (TPSA) is 53.5 Å². The molecule has 1 aliphatic heterocycles. The van der Waals surface area contributed by atoms with Crippen molar-refractivity contribution >= 4 is 22.7 Å². The molecule has 5 nitrogen and oxygen atoms in total. The van der Waals surface area contributed by atoms with Gasteiger partial charge in [0.15, 0.2) is 0 Å². The maximum Gasteiger partial charge on any atom is 0.233 e. The molecule has 0 radical (unpaired) electrons. The van der Waals surface area contributed by atoms with Crippen LogP contribution in [0.4, 0.5) is 4.39 Å². The number of carbonyl (C=O) groups is 2. The van der Waals surface area contributed by atoms with E-state index in [0.29, 0.717) is 26.2 Å². The zero-order valence-corrected chi connectivity index (χ0v) is 20.3.